The molecule has 0 unspecified atom stereocenters. The topological polar surface area (TPSA) is 158 Å². The Bertz CT molecular complexity index is 9890. The number of rotatable bonds is 15. The maximum absolute atomic E-state index is 5.21. The van der Waals surface area contributed by atoms with Crippen LogP contribution in [0.25, 0.3) is 268 Å². The summed E-state index contributed by atoms with van der Waals surface area (Å²) in [4.78, 5) is 49.9. The van der Waals surface area contributed by atoms with Crippen molar-refractivity contribution in [2.75, 3.05) is 0 Å². The average molecular weight is 1920 g/mol. The van der Waals surface area contributed by atoms with Gasteiger partial charge < -0.3 is 18.3 Å². The Kier molecular flexibility index (Phi) is 21.5. The fourth-order valence-corrected chi connectivity index (χ4v) is 21.6. The second-order valence-corrected chi connectivity index (χ2v) is 37.4. The van der Waals surface area contributed by atoms with Crippen LogP contribution in [0.15, 0.2) is 522 Å². The maximum Gasteiger partial charge on any atom is 0.238 e. The normalized spacial score (nSPS) is 11.6. The van der Waals surface area contributed by atoms with Crippen LogP contribution in [0, 0.1) is 0 Å². The Morgan fingerprint density at radius 3 is 0.600 bits per heavy atom. The number of para-hydroxylation sites is 9. The summed E-state index contributed by atoms with van der Waals surface area (Å²) in [5, 5.41) is 14.5. The van der Waals surface area contributed by atoms with E-state index in [-0.39, 0.29) is 0 Å². The van der Waals surface area contributed by atoms with Crippen molar-refractivity contribution in [3.63, 3.8) is 0 Å². The molecular weight excluding hydrogens is 1830 g/mol. The first kappa shape index (κ1) is 87.2. The van der Waals surface area contributed by atoms with Gasteiger partial charge in [0.05, 0.1) is 66.2 Å². The zero-order chi connectivity index (χ0) is 99.1. The van der Waals surface area contributed by atoms with Gasteiger partial charge in [-0.15, -0.1) is 0 Å². The van der Waals surface area contributed by atoms with E-state index in [4.69, 9.17) is 49.8 Å². The predicted molar refractivity (Wildman–Crippen MR) is 612 cm³/mol. The lowest BCUT2D eigenvalue weighted by atomic mass is 10.0. The number of nitrogens with zero attached hydrogens (tertiary/aromatic N) is 16. The molecule has 0 aliphatic heterocycles. The van der Waals surface area contributed by atoms with Gasteiger partial charge in [0, 0.05) is 138 Å². The van der Waals surface area contributed by atoms with Crippen molar-refractivity contribution >= 4 is 131 Å². The van der Waals surface area contributed by atoms with Gasteiger partial charge >= 0.3 is 0 Å². The van der Waals surface area contributed by atoms with Crippen LogP contribution < -0.4 is 0 Å². The Morgan fingerprint density at radius 1 is 0.120 bits per heavy atom. The number of aromatic nitrogens is 16. The van der Waals surface area contributed by atoms with Crippen LogP contribution in [-0.2, 0) is 0 Å². The van der Waals surface area contributed by atoms with Crippen LogP contribution in [0.2, 0.25) is 0 Å². The molecule has 30 rings (SSSR count). The molecule has 0 aliphatic carbocycles. The van der Waals surface area contributed by atoms with Gasteiger partial charge in [-0.3, -0.25) is 9.13 Å². The van der Waals surface area contributed by atoms with Crippen LogP contribution in [0.1, 0.15) is 0 Å². The van der Waals surface area contributed by atoms with Crippen LogP contribution in [-0.4, -0.2) is 77.2 Å². The van der Waals surface area contributed by atoms with E-state index in [0.717, 1.165) is 134 Å². The SMILES string of the molecule is c1ccc(-c2ccc(-c3nc(-c4ccccc4)nc(-n4c5ccccc5c5cc6c7ccccc7n(-c7ccccc7)c6cc54)n3)cc2)cc1.c1ccc(-c2nc(-c3ccccc3)nc(-c3ccc(-n4c5ccccc5c5cc6c7ccccc7n(-c7ccccc7)c6cc54)cc3)n2)cc1.c1ccc(-c2nc(-c3ccccc3)nc(-c3ccc(-n4c5ccccc5c5cc6c7ccccc7n(-c7ccccc7)c6cc54)nc3)n2)cc1. The smallest absolute Gasteiger partial charge is 0.238 e. The van der Waals surface area contributed by atoms with Crippen molar-refractivity contribution in [1.82, 2.24) is 77.2 Å². The van der Waals surface area contributed by atoms with E-state index < -0.39 is 0 Å². The molecule has 16 heteroatoms. The number of hydrogen-bond donors (Lipinski definition) is 0. The van der Waals surface area contributed by atoms with Crippen LogP contribution in [0.5, 0.6) is 0 Å². The van der Waals surface area contributed by atoms with Crippen LogP contribution in [0.4, 0.5) is 0 Å². The summed E-state index contributed by atoms with van der Waals surface area (Å²) < 4.78 is 13.9. The lowest BCUT2D eigenvalue weighted by Crippen LogP contribution is -2.06. The minimum Gasteiger partial charge on any atom is -0.309 e. The Hall–Kier alpha value is -20.6. The highest BCUT2D eigenvalue weighted by atomic mass is 15.2. The number of hydrogen-bond acceptors (Lipinski definition) is 10. The van der Waals surface area contributed by atoms with Crippen molar-refractivity contribution < 1.29 is 0 Å². The molecule has 10 aromatic heterocycles. The van der Waals surface area contributed by atoms with Crippen LogP contribution in [0.3, 0.4) is 0 Å². The first-order chi connectivity index (χ1) is 74.4. The molecule has 0 N–H and O–H groups in total. The molecule has 0 fully saturated rings. The Balaban J connectivity index is 0.000000108. The second kappa shape index (κ2) is 37.0. The van der Waals surface area contributed by atoms with Crippen LogP contribution >= 0.6 is 0 Å². The number of pyridine rings is 1. The largest absolute Gasteiger partial charge is 0.309 e. The van der Waals surface area contributed by atoms with E-state index in [2.05, 4.69) is 397 Å². The molecule has 0 bridgehead atoms. The Morgan fingerprint density at radius 2 is 0.313 bits per heavy atom. The minimum absolute atomic E-state index is 0.577. The monoisotopic (exact) mass is 1920 g/mol. The molecule has 0 saturated carbocycles. The quantitative estimate of drug-likeness (QED) is 0.0967. The van der Waals surface area contributed by atoms with Gasteiger partial charge in [0.15, 0.2) is 46.6 Å². The maximum atomic E-state index is 5.21. The van der Waals surface area contributed by atoms with Crippen molar-refractivity contribution in [1.29, 1.82) is 0 Å². The highest BCUT2D eigenvalue weighted by Crippen LogP contribution is 2.46. The summed E-state index contributed by atoms with van der Waals surface area (Å²) in [5.74, 6) is 6.42. The van der Waals surface area contributed by atoms with Crippen molar-refractivity contribution in [2.24, 2.45) is 0 Å². The van der Waals surface area contributed by atoms with Crippen molar-refractivity contribution in [3.05, 3.63) is 522 Å². The molecule has 0 aliphatic rings. The van der Waals surface area contributed by atoms with E-state index in [1.165, 1.54) is 81.5 Å². The molecule has 20 aromatic carbocycles. The summed E-state index contributed by atoms with van der Waals surface area (Å²) in [5.41, 5.74) is 27.8. The van der Waals surface area contributed by atoms with E-state index in [0.29, 0.717) is 52.5 Å². The molecule has 0 spiro atoms. The predicted octanol–water partition coefficient (Wildman–Crippen LogP) is 32.6. The summed E-state index contributed by atoms with van der Waals surface area (Å²) in [6.07, 6.45) is 1.87. The van der Waals surface area contributed by atoms with Gasteiger partial charge in [-0.2, -0.15) is 9.97 Å². The highest BCUT2D eigenvalue weighted by molar-refractivity contribution is 6.23. The van der Waals surface area contributed by atoms with Gasteiger partial charge in [-0.1, -0.05) is 370 Å². The van der Waals surface area contributed by atoms with Crippen molar-refractivity contribution in [3.8, 4) is 137 Å². The molecule has 0 saturated heterocycles. The standard InChI is InChI=1S/2C45H29N5.C44H28N6/c1-4-14-30(15-5-1)31-24-26-33(27-25-31)44-46-43(32-16-6-2-7-17-32)47-45(48-44)50-40-23-13-11-21-36(40)38-28-37-35-20-10-12-22-39(35)49(41(37)29-42(38)50)34-18-8-3-9-19-34;1-4-14-30(15-5-1)43-46-44(31-16-6-2-7-17-31)48-45(47-43)32-24-26-34(27-25-32)50-40-23-13-11-21-36(40)38-28-37-35-20-10-12-22-39(35)49(41(37)29-42(38)50)33-18-8-3-9-19-33;1-4-14-29(15-5-1)42-46-43(30-16-6-2-7-17-30)48-44(47-42)31-24-25-41(45-28-31)50-38-23-13-11-21-34(38)36-26-35-33-20-10-12-22-37(33)49(39(35)27-40(36)50)32-18-8-3-9-19-32/h2*1-29H;1-28H. The molecule has 16 nitrogen and oxygen atoms in total. The first-order valence-corrected chi connectivity index (χ1v) is 50.2. The summed E-state index contributed by atoms with van der Waals surface area (Å²) in [6, 6.07) is 180. The third-order valence-corrected chi connectivity index (χ3v) is 28.6. The number of benzene rings is 20. The second-order valence-electron chi connectivity index (χ2n) is 37.4. The molecule has 150 heavy (non-hydrogen) atoms. The lowest BCUT2D eigenvalue weighted by molar-refractivity contribution is 0.953. The summed E-state index contributed by atoms with van der Waals surface area (Å²) in [6.45, 7) is 0. The van der Waals surface area contributed by atoms with E-state index in [1.807, 2.05) is 152 Å². The molecule has 10 heterocycles. The van der Waals surface area contributed by atoms with Gasteiger partial charge in [-0.05, 0) is 157 Å². The lowest BCUT2D eigenvalue weighted by Gasteiger charge is -2.12. The van der Waals surface area contributed by atoms with Gasteiger partial charge in [0.25, 0.3) is 0 Å². The zero-order valence-corrected chi connectivity index (χ0v) is 80.8. The molecule has 0 atom stereocenters. The molecule has 0 radical (unpaired) electrons. The first-order valence-electron chi connectivity index (χ1n) is 50.2. The molecular formula is C134H86N16. The zero-order valence-electron chi connectivity index (χ0n) is 80.8. The van der Waals surface area contributed by atoms with E-state index in [1.54, 1.807) is 0 Å². The third kappa shape index (κ3) is 15.4. The number of fused-ring (bicyclic) bond motifs is 18. The van der Waals surface area contributed by atoms with Gasteiger partial charge in [-0.25, -0.2) is 39.9 Å². The van der Waals surface area contributed by atoms with Gasteiger partial charge in [0.1, 0.15) is 5.82 Å². The summed E-state index contributed by atoms with van der Waals surface area (Å²) >= 11 is 0. The Labute approximate surface area is 860 Å². The molecule has 0 amide bonds. The summed E-state index contributed by atoms with van der Waals surface area (Å²) in [7, 11) is 0. The van der Waals surface area contributed by atoms with Crippen molar-refractivity contribution in [2.45, 2.75) is 0 Å². The fraction of sp³-hybridized carbons (Fsp3) is 0. The van der Waals surface area contributed by atoms with E-state index in [9.17, 15) is 0 Å². The highest BCUT2D eigenvalue weighted by Gasteiger charge is 2.27. The van der Waals surface area contributed by atoms with Gasteiger partial charge in [0.2, 0.25) is 5.95 Å². The minimum atomic E-state index is 0.577. The molecule has 702 valence electrons. The average Bonchev–Trinajstić information content (AvgIpc) is 1.56. The van der Waals surface area contributed by atoms with E-state index >= 15 is 0 Å². The molecule has 30 aromatic rings. The fourth-order valence-electron chi connectivity index (χ4n) is 21.6. The third-order valence-electron chi connectivity index (χ3n) is 28.6.